The first-order valence-corrected chi connectivity index (χ1v) is 10.6. The van der Waals surface area contributed by atoms with Gasteiger partial charge in [0.05, 0.1) is 17.9 Å². The summed E-state index contributed by atoms with van der Waals surface area (Å²) in [5.41, 5.74) is 6.30. The molecule has 1 amide bonds. The third-order valence-corrected chi connectivity index (χ3v) is 5.52. The lowest BCUT2D eigenvalue weighted by atomic mass is 9.98. The van der Waals surface area contributed by atoms with E-state index >= 15 is 0 Å². The standard InChI is InChI=1S/C24H28N4O3/c1-15-9-19(7-8-25-15)22-6-5-21(28-12-16(2)31-17(3)13-28)10-20(22)11-26-24(29)23-14-30-27-18(23)4/h5-10,14,16-17H,11-13H2,1-4H3,(H,26,29). The number of hydrogen-bond donors (Lipinski definition) is 1. The first-order chi connectivity index (χ1) is 14.9. The molecule has 1 fully saturated rings. The van der Waals surface area contributed by atoms with Gasteiger partial charge in [-0.05, 0) is 68.7 Å². The van der Waals surface area contributed by atoms with Crippen LogP contribution in [0.2, 0.25) is 0 Å². The van der Waals surface area contributed by atoms with Gasteiger partial charge in [-0.25, -0.2) is 0 Å². The van der Waals surface area contributed by atoms with E-state index in [1.54, 1.807) is 6.92 Å². The van der Waals surface area contributed by atoms with E-state index in [1.165, 1.54) is 6.26 Å². The summed E-state index contributed by atoms with van der Waals surface area (Å²) >= 11 is 0. The van der Waals surface area contributed by atoms with Crippen molar-refractivity contribution in [3.8, 4) is 11.1 Å². The van der Waals surface area contributed by atoms with E-state index in [9.17, 15) is 4.79 Å². The van der Waals surface area contributed by atoms with Crippen LogP contribution < -0.4 is 10.2 Å². The molecule has 2 aromatic heterocycles. The Bertz CT molecular complexity index is 1070. The Morgan fingerprint density at radius 3 is 2.61 bits per heavy atom. The van der Waals surface area contributed by atoms with Crippen LogP contribution in [-0.2, 0) is 11.3 Å². The number of anilines is 1. The van der Waals surface area contributed by atoms with Crippen LogP contribution in [-0.4, -0.2) is 41.3 Å². The average molecular weight is 421 g/mol. The number of aryl methyl sites for hydroxylation is 2. The van der Waals surface area contributed by atoms with Crippen LogP contribution in [0, 0.1) is 13.8 Å². The molecule has 0 radical (unpaired) electrons. The lowest BCUT2D eigenvalue weighted by Crippen LogP contribution is -2.45. The van der Waals surface area contributed by atoms with Crippen LogP contribution in [0.4, 0.5) is 5.69 Å². The number of ether oxygens (including phenoxy) is 1. The fourth-order valence-electron chi connectivity index (χ4n) is 4.09. The number of aromatic nitrogens is 2. The van der Waals surface area contributed by atoms with Gasteiger partial charge in [0, 0.05) is 37.2 Å². The fourth-order valence-corrected chi connectivity index (χ4v) is 4.09. The Hall–Kier alpha value is -3.19. The van der Waals surface area contributed by atoms with Gasteiger partial charge in [0.1, 0.15) is 11.8 Å². The lowest BCUT2D eigenvalue weighted by Gasteiger charge is -2.37. The van der Waals surface area contributed by atoms with Crippen molar-refractivity contribution in [3.05, 3.63) is 65.3 Å². The van der Waals surface area contributed by atoms with Gasteiger partial charge in [-0.2, -0.15) is 0 Å². The monoisotopic (exact) mass is 420 g/mol. The highest BCUT2D eigenvalue weighted by Crippen LogP contribution is 2.30. The van der Waals surface area contributed by atoms with Crippen LogP contribution >= 0.6 is 0 Å². The number of benzene rings is 1. The largest absolute Gasteiger partial charge is 0.372 e. The molecule has 0 bridgehead atoms. The molecule has 0 saturated carbocycles. The fraction of sp³-hybridized carbons (Fsp3) is 0.375. The molecule has 0 spiro atoms. The molecule has 0 aliphatic carbocycles. The van der Waals surface area contributed by atoms with Crippen molar-refractivity contribution in [1.29, 1.82) is 0 Å². The number of morpholine rings is 1. The van der Waals surface area contributed by atoms with Crippen molar-refractivity contribution in [1.82, 2.24) is 15.5 Å². The minimum atomic E-state index is -0.199. The summed E-state index contributed by atoms with van der Waals surface area (Å²) in [6.07, 6.45) is 3.54. The highest BCUT2D eigenvalue weighted by molar-refractivity contribution is 5.94. The molecule has 1 aliphatic heterocycles. The number of amides is 1. The van der Waals surface area contributed by atoms with Gasteiger partial charge in [0.2, 0.25) is 0 Å². The van der Waals surface area contributed by atoms with Crippen molar-refractivity contribution in [2.75, 3.05) is 18.0 Å². The predicted molar refractivity (Wildman–Crippen MR) is 119 cm³/mol. The summed E-state index contributed by atoms with van der Waals surface area (Å²) in [5.74, 6) is -0.199. The second-order valence-corrected chi connectivity index (χ2v) is 8.19. The maximum absolute atomic E-state index is 12.6. The third kappa shape index (κ3) is 4.77. The van der Waals surface area contributed by atoms with Crippen molar-refractivity contribution < 1.29 is 14.1 Å². The second kappa shape index (κ2) is 8.89. The molecule has 3 aromatic rings. The number of pyridine rings is 1. The van der Waals surface area contributed by atoms with Crippen LogP contribution in [0.5, 0.6) is 0 Å². The molecule has 2 atom stereocenters. The molecule has 1 aromatic carbocycles. The van der Waals surface area contributed by atoms with E-state index in [0.29, 0.717) is 17.8 Å². The number of hydrogen-bond acceptors (Lipinski definition) is 6. The van der Waals surface area contributed by atoms with Gasteiger partial charge in [0.25, 0.3) is 5.91 Å². The van der Waals surface area contributed by atoms with E-state index in [1.807, 2.05) is 19.2 Å². The number of nitrogens with zero attached hydrogens (tertiary/aromatic N) is 3. The second-order valence-electron chi connectivity index (χ2n) is 8.19. The lowest BCUT2D eigenvalue weighted by molar-refractivity contribution is -0.00522. The van der Waals surface area contributed by atoms with Gasteiger partial charge in [0.15, 0.2) is 0 Å². The van der Waals surface area contributed by atoms with Crippen molar-refractivity contribution in [2.24, 2.45) is 0 Å². The first kappa shape index (κ1) is 21.1. The summed E-state index contributed by atoms with van der Waals surface area (Å²) in [4.78, 5) is 19.3. The maximum Gasteiger partial charge on any atom is 0.256 e. The van der Waals surface area contributed by atoms with Gasteiger partial charge >= 0.3 is 0 Å². The summed E-state index contributed by atoms with van der Waals surface area (Å²) < 4.78 is 10.8. The predicted octanol–water partition coefficient (Wildman–Crippen LogP) is 3.90. The average Bonchev–Trinajstić information content (AvgIpc) is 3.17. The van der Waals surface area contributed by atoms with E-state index in [-0.39, 0.29) is 18.1 Å². The molecule has 7 heteroatoms. The Morgan fingerprint density at radius 1 is 1.16 bits per heavy atom. The number of carbonyl (C=O) groups is 1. The van der Waals surface area contributed by atoms with Gasteiger partial charge < -0.3 is 19.5 Å². The molecule has 2 unspecified atom stereocenters. The van der Waals surface area contributed by atoms with E-state index in [0.717, 1.165) is 41.2 Å². The Balaban J connectivity index is 1.65. The van der Waals surface area contributed by atoms with Crippen LogP contribution in [0.3, 0.4) is 0 Å². The highest BCUT2D eigenvalue weighted by atomic mass is 16.5. The molecule has 3 heterocycles. The summed E-state index contributed by atoms with van der Waals surface area (Å²) in [7, 11) is 0. The summed E-state index contributed by atoms with van der Waals surface area (Å²) in [6.45, 7) is 9.99. The smallest absolute Gasteiger partial charge is 0.256 e. The minimum absolute atomic E-state index is 0.172. The van der Waals surface area contributed by atoms with Crippen molar-refractivity contribution >= 4 is 11.6 Å². The third-order valence-electron chi connectivity index (χ3n) is 5.52. The zero-order valence-corrected chi connectivity index (χ0v) is 18.4. The first-order valence-electron chi connectivity index (χ1n) is 10.6. The number of rotatable bonds is 5. The van der Waals surface area contributed by atoms with Gasteiger partial charge in [-0.3, -0.25) is 9.78 Å². The normalized spacial score (nSPS) is 18.8. The van der Waals surface area contributed by atoms with Crippen molar-refractivity contribution in [3.63, 3.8) is 0 Å². The Morgan fingerprint density at radius 2 is 1.94 bits per heavy atom. The van der Waals surface area contributed by atoms with Crippen molar-refractivity contribution in [2.45, 2.75) is 46.4 Å². The summed E-state index contributed by atoms with van der Waals surface area (Å²) in [5, 5.41) is 6.81. The number of carbonyl (C=O) groups excluding carboxylic acids is 1. The minimum Gasteiger partial charge on any atom is -0.372 e. The topological polar surface area (TPSA) is 80.5 Å². The molecule has 4 rings (SSSR count). The molecule has 1 N–H and O–H groups in total. The van der Waals surface area contributed by atoms with E-state index < -0.39 is 0 Å². The Kier molecular flexibility index (Phi) is 6.04. The van der Waals surface area contributed by atoms with E-state index in [2.05, 4.69) is 58.5 Å². The number of nitrogens with one attached hydrogen (secondary N) is 1. The van der Waals surface area contributed by atoms with E-state index in [4.69, 9.17) is 9.26 Å². The zero-order chi connectivity index (χ0) is 22.0. The van der Waals surface area contributed by atoms with Crippen LogP contribution in [0.25, 0.3) is 11.1 Å². The molecule has 162 valence electrons. The molecular formula is C24H28N4O3. The van der Waals surface area contributed by atoms with Gasteiger partial charge in [-0.15, -0.1) is 0 Å². The highest BCUT2D eigenvalue weighted by Gasteiger charge is 2.23. The molecule has 1 saturated heterocycles. The maximum atomic E-state index is 12.6. The Labute approximate surface area is 182 Å². The quantitative estimate of drug-likeness (QED) is 0.674. The molecule has 7 nitrogen and oxygen atoms in total. The van der Waals surface area contributed by atoms with Gasteiger partial charge in [-0.1, -0.05) is 11.2 Å². The van der Waals surface area contributed by atoms with Crippen LogP contribution in [0.15, 0.2) is 47.3 Å². The SMILES string of the molecule is Cc1cc(-c2ccc(N3CC(C)OC(C)C3)cc2CNC(=O)c2conc2C)ccn1. The molecule has 1 aliphatic rings. The summed E-state index contributed by atoms with van der Waals surface area (Å²) in [6, 6.07) is 10.5. The van der Waals surface area contributed by atoms with Crippen LogP contribution in [0.1, 0.15) is 41.2 Å². The molecule has 31 heavy (non-hydrogen) atoms. The zero-order valence-electron chi connectivity index (χ0n) is 18.4. The molecular weight excluding hydrogens is 392 g/mol.